The fourth-order valence-electron chi connectivity index (χ4n) is 2.36. The summed E-state index contributed by atoms with van der Waals surface area (Å²) in [7, 11) is -2.84. The fourth-order valence-corrected chi connectivity index (χ4v) is 3.85. The Bertz CT molecular complexity index is 612. The van der Waals surface area contributed by atoms with Crippen molar-refractivity contribution in [2.75, 3.05) is 22.1 Å². The number of benzene rings is 1. The zero-order valence-corrected chi connectivity index (χ0v) is 13.3. The van der Waals surface area contributed by atoms with Gasteiger partial charge in [0.15, 0.2) is 0 Å². The van der Waals surface area contributed by atoms with Crippen LogP contribution in [-0.4, -0.2) is 31.9 Å². The van der Waals surface area contributed by atoms with Crippen LogP contribution in [0.25, 0.3) is 0 Å². The maximum Gasteiger partial charge on any atom is 0.224 e. The molecular weight excluding hydrogens is 288 g/mol. The molecule has 1 fully saturated rings. The number of carbonyl (C=O) groups is 1. The minimum atomic E-state index is -2.84. The second-order valence-electron chi connectivity index (χ2n) is 5.50. The topological polar surface area (TPSA) is 75.3 Å². The smallest absolute Gasteiger partial charge is 0.224 e. The summed E-state index contributed by atoms with van der Waals surface area (Å²) in [5.41, 5.74) is 2.80. The summed E-state index contributed by atoms with van der Waals surface area (Å²) in [6.45, 7) is 3.80. The van der Waals surface area contributed by atoms with E-state index in [1.54, 1.807) is 0 Å². The summed E-state index contributed by atoms with van der Waals surface area (Å²) in [4.78, 5) is 11.4. The van der Waals surface area contributed by atoms with Crippen molar-refractivity contribution in [2.45, 2.75) is 39.2 Å². The number of rotatable bonds is 4. The Kier molecular flexibility index (Phi) is 4.88. The lowest BCUT2D eigenvalue weighted by Crippen LogP contribution is -2.32. The maximum absolute atomic E-state index is 11.4. The third-order valence-corrected chi connectivity index (χ3v) is 5.47. The standard InChI is InChI=1S/C15H22N2O3S/c1-3-15(18)17-13-5-4-11(2)14(10-13)16-12-6-8-21(19,20)9-7-12/h4-5,10,12,16H,3,6-9H2,1-2H3,(H,17,18). The van der Waals surface area contributed by atoms with Crippen LogP contribution in [0.1, 0.15) is 31.7 Å². The van der Waals surface area contributed by atoms with E-state index in [9.17, 15) is 13.2 Å². The van der Waals surface area contributed by atoms with Crippen LogP contribution in [0.3, 0.4) is 0 Å². The normalized spacial score (nSPS) is 18.2. The molecule has 0 aliphatic carbocycles. The summed E-state index contributed by atoms with van der Waals surface area (Å²) in [5.74, 6) is 0.472. The van der Waals surface area contributed by atoms with Gasteiger partial charge in [0.25, 0.3) is 0 Å². The van der Waals surface area contributed by atoms with E-state index in [-0.39, 0.29) is 23.5 Å². The highest BCUT2D eigenvalue weighted by molar-refractivity contribution is 7.91. The number of aryl methyl sites for hydroxylation is 1. The lowest BCUT2D eigenvalue weighted by molar-refractivity contribution is -0.115. The zero-order valence-electron chi connectivity index (χ0n) is 12.5. The van der Waals surface area contributed by atoms with Gasteiger partial charge in [0.05, 0.1) is 11.5 Å². The third kappa shape index (κ3) is 4.46. The van der Waals surface area contributed by atoms with Crippen LogP contribution in [0.2, 0.25) is 0 Å². The highest BCUT2D eigenvalue weighted by Gasteiger charge is 2.23. The lowest BCUT2D eigenvalue weighted by Gasteiger charge is -2.25. The Morgan fingerprint density at radius 2 is 1.95 bits per heavy atom. The molecule has 0 spiro atoms. The van der Waals surface area contributed by atoms with Gasteiger partial charge in [0.2, 0.25) is 5.91 Å². The molecule has 1 aliphatic heterocycles. The molecule has 0 saturated carbocycles. The summed E-state index contributed by atoms with van der Waals surface area (Å²) in [5, 5.41) is 6.24. The molecule has 6 heteroatoms. The van der Waals surface area contributed by atoms with Gasteiger partial charge in [-0.1, -0.05) is 13.0 Å². The first kappa shape index (κ1) is 15.8. The monoisotopic (exact) mass is 310 g/mol. The van der Waals surface area contributed by atoms with Crippen molar-refractivity contribution < 1.29 is 13.2 Å². The molecule has 1 aromatic carbocycles. The number of hydrogen-bond acceptors (Lipinski definition) is 4. The molecule has 1 amide bonds. The van der Waals surface area contributed by atoms with Gasteiger partial charge in [0.1, 0.15) is 9.84 Å². The summed E-state index contributed by atoms with van der Waals surface area (Å²) >= 11 is 0. The predicted molar refractivity (Wildman–Crippen MR) is 85.4 cm³/mol. The zero-order chi connectivity index (χ0) is 15.5. The highest BCUT2D eigenvalue weighted by atomic mass is 32.2. The Hall–Kier alpha value is -1.56. The van der Waals surface area contributed by atoms with Crippen LogP contribution in [0.5, 0.6) is 0 Å². The molecule has 5 nitrogen and oxygen atoms in total. The highest BCUT2D eigenvalue weighted by Crippen LogP contribution is 2.24. The van der Waals surface area contributed by atoms with Crippen molar-refractivity contribution in [1.82, 2.24) is 0 Å². The van der Waals surface area contributed by atoms with E-state index in [4.69, 9.17) is 0 Å². The minimum absolute atomic E-state index is 0.0198. The van der Waals surface area contributed by atoms with Crippen LogP contribution in [0.4, 0.5) is 11.4 Å². The summed E-state index contributed by atoms with van der Waals surface area (Å²) in [6, 6.07) is 5.91. The Morgan fingerprint density at radius 1 is 1.29 bits per heavy atom. The van der Waals surface area contributed by atoms with Gasteiger partial charge in [-0.05, 0) is 37.5 Å². The molecule has 1 aromatic rings. The fraction of sp³-hybridized carbons (Fsp3) is 0.533. The summed E-state index contributed by atoms with van der Waals surface area (Å²) < 4.78 is 22.9. The lowest BCUT2D eigenvalue weighted by atomic mass is 10.1. The first-order valence-electron chi connectivity index (χ1n) is 7.27. The van der Waals surface area contributed by atoms with Crippen molar-refractivity contribution in [3.63, 3.8) is 0 Å². The number of nitrogens with one attached hydrogen (secondary N) is 2. The minimum Gasteiger partial charge on any atom is -0.382 e. The molecule has 1 saturated heterocycles. The molecule has 21 heavy (non-hydrogen) atoms. The van der Waals surface area contributed by atoms with Gasteiger partial charge in [-0.15, -0.1) is 0 Å². The molecule has 2 rings (SSSR count). The second-order valence-corrected chi connectivity index (χ2v) is 7.81. The molecule has 1 heterocycles. The number of sulfone groups is 1. The summed E-state index contributed by atoms with van der Waals surface area (Å²) in [6.07, 6.45) is 1.71. The van der Waals surface area contributed by atoms with E-state index < -0.39 is 9.84 Å². The van der Waals surface area contributed by atoms with Crippen molar-refractivity contribution in [2.24, 2.45) is 0 Å². The molecular formula is C15H22N2O3S. The molecule has 0 unspecified atom stereocenters. The number of hydrogen-bond donors (Lipinski definition) is 2. The Morgan fingerprint density at radius 3 is 2.57 bits per heavy atom. The average molecular weight is 310 g/mol. The van der Waals surface area contributed by atoms with E-state index >= 15 is 0 Å². The van der Waals surface area contributed by atoms with Crippen LogP contribution < -0.4 is 10.6 Å². The third-order valence-electron chi connectivity index (χ3n) is 3.76. The molecule has 1 aliphatic rings. The van der Waals surface area contributed by atoms with Gasteiger partial charge in [0, 0.05) is 23.8 Å². The van der Waals surface area contributed by atoms with Crippen LogP contribution >= 0.6 is 0 Å². The Labute approximate surface area is 126 Å². The first-order valence-corrected chi connectivity index (χ1v) is 9.09. The van der Waals surface area contributed by atoms with E-state index in [0.29, 0.717) is 19.3 Å². The molecule has 0 bridgehead atoms. The predicted octanol–water partition coefficient (Wildman–Crippen LogP) is 2.33. The van der Waals surface area contributed by atoms with Crippen LogP contribution in [0.15, 0.2) is 18.2 Å². The molecule has 116 valence electrons. The molecule has 0 aromatic heterocycles. The van der Waals surface area contributed by atoms with Gasteiger partial charge >= 0.3 is 0 Å². The number of anilines is 2. The quantitative estimate of drug-likeness (QED) is 0.895. The van der Waals surface area contributed by atoms with Crippen molar-refractivity contribution in [3.8, 4) is 0 Å². The Balaban J connectivity index is 2.05. The van der Waals surface area contributed by atoms with Crippen molar-refractivity contribution in [3.05, 3.63) is 23.8 Å². The first-order chi connectivity index (χ1) is 9.89. The maximum atomic E-state index is 11.4. The van der Waals surface area contributed by atoms with Gasteiger partial charge in [-0.3, -0.25) is 4.79 Å². The second kappa shape index (κ2) is 6.47. The SMILES string of the molecule is CCC(=O)Nc1ccc(C)c(NC2CCS(=O)(=O)CC2)c1. The molecule has 0 radical (unpaired) electrons. The van der Waals surface area contributed by atoms with Crippen LogP contribution in [0, 0.1) is 6.92 Å². The van der Waals surface area contributed by atoms with E-state index in [0.717, 1.165) is 16.9 Å². The van der Waals surface area contributed by atoms with E-state index in [1.165, 1.54) is 0 Å². The van der Waals surface area contributed by atoms with Gasteiger partial charge < -0.3 is 10.6 Å². The average Bonchev–Trinajstić information content (AvgIpc) is 2.44. The largest absolute Gasteiger partial charge is 0.382 e. The van der Waals surface area contributed by atoms with E-state index in [1.807, 2.05) is 32.0 Å². The molecule has 2 N–H and O–H groups in total. The van der Waals surface area contributed by atoms with E-state index in [2.05, 4.69) is 10.6 Å². The van der Waals surface area contributed by atoms with Crippen molar-refractivity contribution >= 4 is 27.1 Å². The van der Waals surface area contributed by atoms with Gasteiger partial charge in [-0.2, -0.15) is 0 Å². The van der Waals surface area contributed by atoms with Crippen LogP contribution in [-0.2, 0) is 14.6 Å². The number of carbonyl (C=O) groups excluding carboxylic acids is 1. The van der Waals surface area contributed by atoms with Gasteiger partial charge in [-0.25, -0.2) is 8.42 Å². The molecule has 0 atom stereocenters. The number of amides is 1. The van der Waals surface area contributed by atoms with Crippen molar-refractivity contribution in [1.29, 1.82) is 0 Å².